The first kappa shape index (κ1) is 10.1. The van der Waals surface area contributed by atoms with Gasteiger partial charge in [0.25, 0.3) is 0 Å². The molecular weight excluding hydrogens is 185 g/mol. The molecule has 0 aliphatic carbocycles. The number of hydrogen-bond donors (Lipinski definition) is 1. The van der Waals surface area contributed by atoms with Gasteiger partial charge in [-0.3, -0.25) is 0 Å². The Bertz CT molecular complexity index is 11.6. The zero-order valence-electron chi connectivity index (χ0n) is 3.02. The molecule has 0 saturated heterocycles. The first-order valence-corrected chi connectivity index (χ1v) is 1.41. The van der Waals surface area contributed by atoms with Gasteiger partial charge in [0, 0.05) is 6.10 Å². The van der Waals surface area contributed by atoms with Crippen molar-refractivity contribution in [3.8, 4) is 0 Å². The van der Waals surface area contributed by atoms with Crippen molar-refractivity contribution in [2.45, 2.75) is 20.0 Å². The molecule has 0 aliphatic rings. The van der Waals surface area contributed by atoms with E-state index in [2.05, 4.69) is 0 Å². The maximum absolute atomic E-state index is 8.06. The molecule has 0 rings (SSSR count). The molecule has 0 bridgehead atoms. The SMILES string of the molecule is CC(C)O.[CsH]. The molecule has 0 heterocycles. The standard InChI is InChI=1S/C3H8O.Cs.H/c1-3(2)4;;/h3-4H,1-2H3;;. The third-order valence-electron chi connectivity index (χ3n) is 0. The number of hydrogen-bond acceptors (Lipinski definition) is 1. The molecule has 28 valence electrons. The van der Waals surface area contributed by atoms with Crippen LogP contribution in [0.25, 0.3) is 0 Å². The predicted octanol–water partition coefficient (Wildman–Crippen LogP) is -0.261. The minimum absolute atomic E-state index is 0. The Kier molecular flexibility index (Phi) is 12.1. The minimum atomic E-state index is -0.167. The van der Waals surface area contributed by atoms with Crippen LogP contribution in [0.15, 0.2) is 0 Å². The van der Waals surface area contributed by atoms with E-state index in [0.29, 0.717) is 0 Å². The van der Waals surface area contributed by atoms with E-state index in [1.165, 1.54) is 0 Å². The Hall–Kier alpha value is 2.01. The molecule has 2 heteroatoms. The Morgan fingerprint density at radius 2 is 1.40 bits per heavy atom. The molecule has 0 radical (unpaired) electrons. The van der Waals surface area contributed by atoms with Gasteiger partial charge in [-0.05, 0) is 13.8 Å². The first-order chi connectivity index (χ1) is 1.73. The molecular formula is C3H9CsO. The fourth-order valence-electron chi connectivity index (χ4n) is 0. The van der Waals surface area contributed by atoms with Crippen molar-refractivity contribution >= 4 is 68.9 Å². The van der Waals surface area contributed by atoms with Crippen LogP contribution in [0, 0.1) is 0 Å². The van der Waals surface area contributed by atoms with Gasteiger partial charge < -0.3 is 5.11 Å². The van der Waals surface area contributed by atoms with Crippen LogP contribution in [0.2, 0.25) is 0 Å². The molecule has 0 aromatic heterocycles. The van der Waals surface area contributed by atoms with E-state index in [1.807, 2.05) is 0 Å². The number of aliphatic hydroxyl groups is 1. The maximum atomic E-state index is 8.06. The Morgan fingerprint density at radius 3 is 1.40 bits per heavy atom. The van der Waals surface area contributed by atoms with Gasteiger partial charge in [0.15, 0.2) is 0 Å². The Labute approximate surface area is 91.6 Å². The van der Waals surface area contributed by atoms with Crippen LogP contribution < -0.4 is 0 Å². The van der Waals surface area contributed by atoms with Crippen LogP contribution in [-0.2, 0) is 0 Å². The van der Waals surface area contributed by atoms with E-state index < -0.39 is 0 Å². The molecule has 0 aliphatic heterocycles. The van der Waals surface area contributed by atoms with E-state index in [-0.39, 0.29) is 75.0 Å². The zero-order valence-corrected chi connectivity index (χ0v) is 3.02. The third-order valence-corrected chi connectivity index (χ3v) is 0. The monoisotopic (exact) mass is 194 g/mol. The first-order valence-electron chi connectivity index (χ1n) is 1.41. The molecule has 1 nitrogen and oxygen atoms in total. The summed E-state index contributed by atoms with van der Waals surface area (Å²) in [7, 11) is 0. The Balaban J connectivity index is 0. The van der Waals surface area contributed by atoms with Crippen LogP contribution >= 0.6 is 0 Å². The van der Waals surface area contributed by atoms with E-state index in [0.717, 1.165) is 0 Å². The summed E-state index contributed by atoms with van der Waals surface area (Å²) in [5.74, 6) is 0. The van der Waals surface area contributed by atoms with Crippen LogP contribution in [0.3, 0.4) is 0 Å². The molecule has 0 spiro atoms. The van der Waals surface area contributed by atoms with Crippen molar-refractivity contribution in [3.05, 3.63) is 0 Å². The zero-order chi connectivity index (χ0) is 3.58. The van der Waals surface area contributed by atoms with Gasteiger partial charge in [0.05, 0.1) is 0 Å². The summed E-state index contributed by atoms with van der Waals surface area (Å²) in [5, 5.41) is 8.06. The van der Waals surface area contributed by atoms with Gasteiger partial charge in [0.2, 0.25) is 0 Å². The van der Waals surface area contributed by atoms with E-state index >= 15 is 0 Å². The van der Waals surface area contributed by atoms with Crippen molar-refractivity contribution in [1.29, 1.82) is 0 Å². The summed E-state index contributed by atoms with van der Waals surface area (Å²) in [4.78, 5) is 0. The quantitative estimate of drug-likeness (QED) is 0.563. The summed E-state index contributed by atoms with van der Waals surface area (Å²) in [6.45, 7) is 3.44. The summed E-state index contributed by atoms with van der Waals surface area (Å²) in [5.41, 5.74) is 0. The topological polar surface area (TPSA) is 20.2 Å². The van der Waals surface area contributed by atoms with Crippen LogP contribution in [0.4, 0.5) is 0 Å². The molecule has 0 aromatic rings. The van der Waals surface area contributed by atoms with Crippen LogP contribution in [-0.4, -0.2) is 80.1 Å². The van der Waals surface area contributed by atoms with Gasteiger partial charge in [0.1, 0.15) is 0 Å². The normalized spacial score (nSPS) is 7.20. The number of aliphatic hydroxyl groups excluding tert-OH is 1. The van der Waals surface area contributed by atoms with Crippen LogP contribution in [0.5, 0.6) is 0 Å². The summed E-state index contributed by atoms with van der Waals surface area (Å²) in [6.07, 6.45) is -0.167. The summed E-state index contributed by atoms with van der Waals surface area (Å²) >= 11 is 0. The van der Waals surface area contributed by atoms with Crippen LogP contribution in [0.1, 0.15) is 13.8 Å². The second kappa shape index (κ2) is 6.01. The van der Waals surface area contributed by atoms with Gasteiger partial charge in [-0.1, -0.05) is 0 Å². The molecule has 0 saturated carbocycles. The van der Waals surface area contributed by atoms with E-state index in [1.54, 1.807) is 13.8 Å². The fraction of sp³-hybridized carbons (Fsp3) is 1.00. The average molecular weight is 194 g/mol. The van der Waals surface area contributed by atoms with Crippen molar-refractivity contribution in [1.82, 2.24) is 0 Å². The molecule has 0 amide bonds. The summed E-state index contributed by atoms with van der Waals surface area (Å²) in [6, 6.07) is 0. The second-order valence-corrected chi connectivity index (χ2v) is 1.09. The molecule has 0 atom stereocenters. The van der Waals surface area contributed by atoms with Gasteiger partial charge in [-0.15, -0.1) is 0 Å². The molecule has 0 aromatic carbocycles. The number of rotatable bonds is 0. The van der Waals surface area contributed by atoms with E-state index in [9.17, 15) is 0 Å². The van der Waals surface area contributed by atoms with Crippen molar-refractivity contribution < 1.29 is 5.11 Å². The van der Waals surface area contributed by atoms with E-state index in [4.69, 9.17) is 5.11 Å². The average Bonchev–Trinajstić information content (AvgIpc) is 0.811. The third kappa shape index (κ3) is 23.9. The molecule has 0 fully saturated rings. The fourth-order valence-corrected chi connectivity index (χ4v) is 0. The van der Waals surface area contributed by atoms with Crippen molar-refractivity contribution in [2.24, 2.45) is 0 Å². The van der Waals surface area contributed by atoms with Gasteiger partial charge in [-0.25, -0.2) is 0 Å². The Morgan fingerprint density at radius 1 is 1.40 bits per heavy atom. The van der Waals surface area contributed by atoms with Crippen molar-refractivity contribution in [3.63, 3.8) is 0 Å². The predicted molar refractivity (Wildman–Crippen MR) is 24.5 cm³/mol. The molecule has 5 heavy (non-hydrogen) atoms. The van der Waals surface area contributed by atoms with Gasteiger partial charge in [-0.2, -0.15) is 0 Å². The summed E-state index contributed by atoms with van der Waals surface area (Å²) < 4.78 is 0. The second-order valence-electron chi connectivity index (χ2n) is 1.09. The molecule has 1 N–H and O–H groups in total. The molecule has 0 unspecified atom stereocenters. The van der Waals surface area contributed by atoms with Crippen molar-refractivity contribution in [2.75, 3.05) is 0 Å². The van der Waals surface area contributed by atoms with Gasteiger partial charge >= 0.3 is 68.9 Å².